The highest BCUT2D eigenvalue weighted by molar-refractivity contribution is 5.75. The lowest BCUT2D eigenvalue weighted by Crippen LogP contribution is -2.32. The second-order valence-electron chi connectivity index (χ2n) is 4.37. The second-order valence-corrected chi connectivity index (χ2v) is 4.37. The summed E-state index contributed by atoms with van der Waals surface area (Å²) < 4.78 is 12.2. The number of fused-ring (bicyclic) bond motifs is 1. The van der Waals surface area contributed by atoms with E-state index in [1.54, 1.807) is 0 Å². The fourth-order valence-electron chi connectivity index (χ4n) is 2.33. The Bertz CT molecular complexity index is 534. The quantitative estimate of drug-likeness (QED) is 0.805. The number of benzene rings is 1. The van der Waals surface area contributed by atoms with E-state index in [2.05, 4.69) is 16.5 Å². The van der Waals surface area contributed by atoms with Crippen LogP contribution >= 0.6 is 0 Å². The first-order valence-corrected chi connectivity index (χ1v) is 6.39. The molecule has 2 aromatic rings. The Morgan fingerprint density at radius 3 is 2.58 bits per heavy atom. The van der Waals surface area contributed by atoms with Crippen molar-refractivity contribution in [2.24, 2.45) is 0 Å². The normalized spacial score (nSPS) is 13.3. The van der Waals surface area contributed by atoms with Crippen LogP contribution in [0.2, 0.25) is 0 Å². The molecule has 0 aliphatic rings. The Balaban J connectivity index is 2.29. The van der Waals surface area contributed by atoms with Gasteiger partial charge in [0.25, 0.3) is 0 Å². The van der Waals surface area contributed by atoms with Crippen molar-refractivity contribution in [2.45, 2.75) is 32.3 Å². The molecule has 1 atom stereocenters. The van der Waals surface area contributed by atoms with E-state index in [9.17, 15) is 5.11 Å². The standard InChI is InChI=1S/C14H20N2O3/c1-4-16-11-8-6-5-7-10(11)15-13(16)9-12(17)14(18-2)19-3/h5-8,12,14,17H,4,9H2,1-3H3. The van der Waals surface area contributed by atoms with Crippen molar-refractivity contribution in [3.8, 4) is 0 Å². The third kappa shape index (κ3) is 2.78. The number of ether oxygens (including phenoxy) is 2. The van der Waals surface area contributed by atoms with Crippen LogP contribution < -0.4 is 0 Å². The topological polar surface area (TPSA) is 56.5 Å². The van der Waals surface area contributed by atoms with Gasteiger partial charge in [-0.3, -0.25) is 0 Å². The maximum Gasteiger partial charge on any atom is 0.183 e. The van der Waals surface area contributed by atoms with Gasteiger partial charge < -0.3 is 19.1 Å². The van der Waals surface area contributed by atoms with Crippen molar-refractivity contribution < 1.29 is 14.6 Å². The van der Waals surface area contributed by atoms with E-state index in [4.69, 9.17) is 9.47 Å². The molecule has 1 heterocycles. The summed E-state index contributed by atoms with van der Waals surface area (Å²) in [4.78, 5) is 4.57. The third-order valence-electron chi connectivity index (χ3n) is 3.22. The minimum Gasteiger partial charge on any atom is -0.387 e. The molecule has 0 saturated heterocycles. The van der Waals surface area contributed by atoms with Gasteiger partial charge in [0.1, 0.15) is 11.9 Å². The molecule has 0 radical (unpaired) electrons. The summed E-state index contributed by atoms with van der Waals surface area (Å²) in [7, 11) is 3.03. The first kappa shape index (κ1) is 14.0. The van der Waals surface area contributed by atoms with Crippen molar-refractivity contribution >= 4 is 11.0 Å². The van der Waals surface area contributed by atoms with Gasteiger partial charge >= 0.3 is 0 Å². The summed E-state index contributed by atoms with van der Waals surface area (Å²) in [5.74, 6) is 0.843. The van der Waals surface area contributed by atoms with Crippen molar-refractivity contribution in [1.29, 1.82) is 0 Å². The average molecular weight is 264 g/mol. The molecule has 104 valence electrons. The van der Waals surface area contributed by atoms with Crippen molar-refractivity contribution in [3.05, 3.63) is 30.1 Å². The van der Waals surface area contributed by atoms with Crippen LogP contribution in [0, 0.1) is 0 Å². The molecule has 1 aromatic heterocycles. The lowest BCUT2D eigenvalue weighted by Gasteiger charge is -2.19. The van der Waals surface area contributed by atoms with E-state index >= 15 is 0 Å². The van der Waals surface area contributed by atoms with Gasteiger partial charge in [0.05, 0.1) is 11.0 Å². The summed E-state index contributed by atoms with van der Waals surface area (Å²) in [6.07, 6.45) is -0.975. The maximum absolute atomic E-state index is 10.1. The van der Waals surface area contributed by atoms with Crippen LogP contribution in [-0.2, 0) is 22.4 Å². The molecule has 19 heavy (non-hydrogen) atoms. The number of para-hydroxylation sites is 2. The summed E-state index contributed by atoms with van der Waals surface area (Å²) in [5, 5.41) is 10.1. The van der Waals surface area contributed by atoms with Gasteiger partial charge in [-0.1, -0.05) is 12.1 Å². The first-order valence-electron chi connectivity index (χ1n) is 6.39. The average Bonchev–Trinajstić information content (AvgIpc) is 2.77. The van der Waals surface area contributed by atoms with Crippen LogP contribution in [0.5, 0.6) is 0 Å². The molecule has 2 rings (SSSR count). The fraction of sp³-hybridized carbons (Fsp3) is 0.500. The Morgan fingerprint density at radius 1 is 1.26 bits per heavy atom. The molecule has 5 heteroatoms. The molecule has 0 bridgehead atoms. The van der Waals surface area contributed by atoms with E-state index in [1.165, 1.54) is 14.2 Å². The number of hydrogen-bond donors (Lipinski definition) is 1. The van der Waals surface area contributed by atoms with Gasteiger partial charge in [0, 0.05) is 27.2 Å². The summed E-state index contributed by atoms with van der Waals surface area (Å²) in [6, 6.07) is 7.96. The molecule has 0 amide bonds. The summed E-state index contributed by atoms with van der Waals surface area (Å²) >= 11 is 0. The van der Waals surface area contributed by atoms with Crippen LogP contribution in [0.1, 0.15) is 12.7 Å². The van der Waals surface area contributed by atoms with Crippen LogP contribution in [-0.4, -0.2) is 41.3 Å². The molecule has 5 nitrogen and oxygen atoms in total. The zero-order chi connectivity index (χ0) is 13.8. The molecule has 0 aliphatic heterocycles. The molecule has 0 aliphatic carbocycles. The van der Waals surface area contributed by atoms with Gasteiger partial charge in [0.15, 0.2) is 6.29 Å². The first-order chi connectivity index (χ1) is 9.21. The Labute approximate surface area is 112 Å². The number of aliphatic hydroxyl groups excluding tert-OH is 1. The number of rotatable bonds is 6. The van der Waals surface area contributed by atoms with Gasteiger partial charge in [-0.15, -0.1) is 0 Å². The highest BCUT2D eigenvalue weighted by Gasteiger charge is 2.21. The highest BCUT2D eigenvalue weighted by Crippen LogP contribution is 2.18. The van der Waals surface area contributed by atoms with Crippen LogP contribution in [0.25, 0.3) is 11.0 Å². The molecule has 0 saturated carbocycles. The van der Waals surface area contributed by atoms with Crippen molar-refractivity contribution in [3.63, 3.8) is 0 Å². The monoisotopic (exact) mass is 264 g/mol. The minimum absolute atomic E-state index is 0.398. The van der Waals surface area contributed by atoms with Crippen molar-refractivity contribution in [1.82, 2.24) is 9.55 Å². The number of aryl methyl sites for hydroxylation is 1. The predicted octanol–water partition coefficient (Wildman–Crippen LogP) is 1.58. The number of imidazole rings is 1. The van der Waals surface area contributed by atoms with E-state index in [-0.39, 0.29) is 0 Å². The molecular formula is C14H20N2O3. The SMILES string of the molecule is CCn1c(CC(O)C(OC)OC)nc2ccccc21. The Hall–Kier alpha value is -1.43. The zero-order valence-electron chi connectivity index (χ0n) is 11.5. The molecule has 1 N–H and O–H groups in total. The lowest BCUT2D eigenvalue weighted by atomic mass is 10.2. The number of hydrogen-bond acceptors (Lipinski definition) is 4. The second kappa shape index (κ2) is 6.14. The highest BCUT2D eigenvalue weighted by atomic mass is 16.7. The molecular weight excluding hydrogens is 244 g/mol. The zero-order valence-corrected chi connectivity index (χ0v) is 11.5. The smallest absolute Gasteiger partial charge is 0.183 e. The Morgan fingerprint density at radius 2 is 1.95 bits per heavy atom. The van der Waals surface area contributed by atoms with Gasteiger partial charge in [-0.05, 0) is 19.1 Å². The number of nitrogens with zero attached hydrogens (tertiary/aromatic N) is 2. The molecule has 0 spiro atoms. The minimum atomic E-state index is -0.739. The molecule has 1 aromatic carbocycles. The molecule has 0 fully saturated rings. The van der Waals surface area contributed by atoms with Crippen LogP contribution in [0.3, 0.4) is 0 Å². The van der Waals surface area contributed by atoms with E-state index < -0.39 is 12.4 Å². The number of aliphatic hydroxyl groups is 1. The summed E-state index contributed by atoms with van der Waals surface area (Å²) in [5.41, 5.74) is 2.02. The van der Waals surface area contributed by atoms with Gasteiger partial charge in [0.2, 0.25) is 0 Å². The third-order valence-corrected chi connectivity index (χ3v) is 3.22. The van der Waals surface area contributed by atoms with E-state index in [0.29, 0.717) is 6.42 Å². The summed E-state index contributed by atoms with van der Waals surface area (Å²) in [6.45, 7) is 2.88. The fourth-order valence-corrected chi connectivity index (χ4v) is 2.33. The van der Waals surface area contributed by atoms with Crippen LogP contribution in [0.4, 0.5) is 0 Å². The van der Waals surface area contributed by atoms with Gasteiger partial charge in [-0.2, -0.15) is 0 Å². The lowest BCUT2D eigenvalue weighted by molar-refractivity contribution is -0.163. The van der Waals surface area contributed by atoms with E-state index in [0.717, 1.165) is 23.4 Å². The van der Waals surface area contributed by atoms with Gasteiger partial charge in [-0.25, -0.2) is 4.98 Å². The van der Waals surface area contributed by atoms with E-state index in [1.807, 2.05) is 24.3 Å². The largest absolute Gasteiger partial charge is 0.387 e. The predicted molar refractivity (Wildman–Crippen MR) is 72.9 cm³/mol. The number of aromatic nitrogens is 2. The Kier molecular flexibility index (Phi) is 4.52. The van der Waals surface area contributed by atoms with Crippen LogP contribution in [0.15, 0.2) is 24.3 Å². The maximum atomic E-state index is 10.1. The van der Waals surface area contributed by atoms with Crippen molar-refractivity contribution in [2.75, 3.05) is 14.2 Å². The molecule has 1 unspecified atom stereocenters. The number of methoxy groups -OCH3 is 2.